The third kappa shape index (κ3) is 1.61. The van der Waals surface area contributed by atoms with Crippen molar-refractivity contribution >= 4 is 11.9 Å². The highest BCUT2D eigenvalue weighted by molar-refractivity contribution is 5.88. The smallest absolute Gasteiger partial charge is 0.329 e. The van der Waals surface area contributed by atoms with Crippen LogP contribution in [-0.4, -0.2) is 34.0 Å². The standard InChI is InChI=1S/C10H17NO3/c1-7(2)8(12)11-6-4-5-10(11,3)9(13)14/h7H,4-6H2,1-3H3,(H,13,14). The van der Waals surface area contributed by atoms with Gasteiger partial charge in [-0.2, -0.15) is 0 Å². The number of hydrogen-bond donors (Lipinski definition) is 1. The third-order valence-corrected chi connectivity index (χ3v) is 2.86. The Morgan fingerprint density at radius 3 is 2.43 bits per heavy atom. The van der Waals surface area contributed by atoms with E-state index in [0.29, 0.717) is 13.0 Å². The Balaban J connectivity index is 2.89. The average Bonchev–Trinajstić information content (AvgIpc) is 2.47. The summed E-state index contributed by atoms with van der Waals surface area (Å²) in [4.78, 5) is 24.3. The summed E-state index contributed by atoms with van der Waals surface area (Å²) in [5, 5.41) is 9.08. The second-order valence-electron chi connectivity index (χ2n) is 4.33. The second-order valence-corrected chi connectivity index (χ2v) is 4.33. The first-order valence-corrected chi connectivity index (χ1v) is 4.94. The van der Waals surface area contributed by atoms with Gasteiger partial charge in [-0.1, -0.05) is 13.8 Å². The van der Waals surface area contributed by atoms with Gasteiger partial charge in [-0.05, 0) is 19.8 Å². The summed E-state index contributed by atoms with van der Waals surface area (Å²) in [7, 11) is 0. The number of aliphatic carboxylic acids is 1. The van der Waals surface area contributed by atoms with Gasteiger partial charge in [-0.25, -0.2) is 4.79 Å². The fourth-order valence-corrected chi connectivity index (χ4v) is 1.85. The van der Waals surface area contributed by atoms with E-state index in [1.165, 1.54) is 4.90 Å². The van der Waals surface area contributed by atoms with Crippen LogP contribution in [0.4, 0.5) is 0 Å². The Hall–Kier alpha value is -1.06. The first-order chi connectivity index (χ1) is 6.39. The highest BCUT2D eigenvalue weighted by Crippen LogP contribution is 2.30. The van der Waals surface area contributed by atoms with Crippen LogP contribution in [0.2, 0.25) is 0 Å². The van der Waals surface area contributed by atoms with Crippen LogP contribution in [0.3, 0.4) is 0 Å². The molecule has 1 amide bonds. The van der Waals surface area contributed by atoms with Gasteiger partial charge < -0.3 is 10.0 Å². The van der Waals surface area contributed by atoms with Gasteiger partial charge in [0.2, 0.25) is 5.91 Å². The summed E-state index contributed by atoms with van der Waals surface area (Å²) in [6.07, 6.45) is 1.34. The van der Waals surface area contributed by atoms with Crippen LogP contribution in [0.15, 0.2) is 0 Å². The molecule has 0 radical (unpaired) electrons. The lowest BCUT2D eigenvalue weighted by molar-refractivity contribution is -0.156. The van der Waals surface area contributed by atoms with Crippen LogP contribution in [0.5, 0.6) is 0 Å². The lowest BCUT2D eigenvalue weighted by Crippen LogP contribution is -2.52. The zero-order valence-electron chi connectivity index (χ0n) is 8.91. The number of amides is 1. The molecule has 0 saturated carbocycles. The first kappa shape index (κ1) is 11.0. The van der Waals surface area contributed by atoms with Crippen LogP contribution in [-0.2, 0) is 9.59 Å². The van der Waals surface area contributed by atoms with E-state index in [1.807, 2.05) is 0 Å². The Kier molecular flexibility index (Phi) is 2.83. The van der Waals surface area contributed by atoms with Crippen molar-refractivity contribution in [3.05, 3.63) is 0 Å². The molecule has 1 saturated heterocycles. The number of carbonyl (C=O) groups excluding carboxylic acids is 1. The Bertz CT molecular complexity index is 262. The highest BCUT2D eigenvalue weighted by Gasteiger charge is 2.46. The van der Waals surface area contributed by atoms with Gasteiger partial charge in [0.05, 0.1) is 0 Å². The molecule has 0 bridgehead atoms. The number of rotatable bonds is 2. The molecule has 1 aliphatic heterocycles. The molecule has 4 heteroatoms. The van der Waals surface area contributed by atoms with Crippen LogP contribution in [0, 0.1) is 5.92 Å². The van der Waals surface area contributed by atoms with Gasteiger partial charge in [-0.15, -0.1) is 0 Å². The number of likely N-dealkylation sites (tertiary alicyclic amines) is 1. The fraction of sp³-hybridized carbons (Fsp3) is 0.800. The lowest BCUT2D eigenvalue weighted by Gasteiger charge is -2.32. The van der Waals surface area contributed by atoms with E-state index in [4.69, 9.17) is 5.11 Å². The maximum absolute atomic E-state index is 11.7. The van der Waals surface area contributed by atoms with E-state index < -0.39 is 11.5 Å². The molecule has 1 unspecified atom stereocenters. The molecule has 1 aliphatic rings. The van der Waals surface area contributed by atoms with Crippen LogP contribution >= 0.6 is 0 Å². The van der Waals surface area contributed by atoms with Gasteiger partial charge >= 0.3 is 5.97 Å². The van der Waals surface area contributed by atoms with E-state index in [2.05, 4.69) is 0 Å². The second kappa shape index (κ2) is 3.59. The first-order valence-electron chi connectivity index (χ1n) is 4.94. The summed E-state index contributed by atoms with van der Waals surface area (Å²) >= 11 is 0. The van der Waals surface area contributed by atoms with Crippen molar-refractivity contribution in [3.63, 3.8) is 0 Å². The van der Waals surface area contributed by atoms with Crippen molar-refractivity contribution in [2.45, 2.75) is 39.2 Å². The molecular weight excluding hydrogens is 182 g/mol. The predicted octanol–water partition coefficient (Wildman–Crippen LogP) is 1.11. The van der Waals surface area contributed by atoms with Crippen LogP contribution < -0.4 is 0 Å². The molecule has 0 aromatic rings. The summed E-state index contributed by atoms with van der Waals surface area (Å²) in [5.74, 6) is -1.09. The molecule has 0 spiro atoms. The average molecular weight is 199 g/mol. The van der Waals surface area contributed by atoms with Crippen molar-refractivity contribution in [1.82, 2.24) is 4.90 Å². The molecule has 80 valence electrons. The maximum Gasteiger partial charge on any atom is 0.329 e. The molecule has 1 fully saturated rings. The molecule has 14 heavy (non-hydrogen) atoms. The molecular formula is C10H17NO3. The topological polar surface area (TPSA) is 57.6 Å². The van der Waals surface area contributed by atoms with Crippen molar-refractivity contribution in [2.75, 3.05) is 6.54 Å². The molecule has 1 atom stereocenters. The summed E-state index contributed by atoms with van der Waals surface area (Å²) in [6.45, 7) is 5.79. The number of hydrogen-bond acceptors (Lipinski definition) is 2. The van der Waals surface area contributed by atoms with E-state index in [1.54, 1.807) is 20.8 Å². The Morgan fingerprint density at radius 1 is 1.43 bits per heavy atom. The van der Waals surface area contributed by atoms with Crippen molar-refractivity contribution in [1.29, 1.82) is 0 Å². The molecule has 4 nitrogen and oxygen atoms in total. The summed E-state index contributed by atoms with van der Waals surface area (Å²) in [5.41, 5.74) is -0.985. The minimum atomic E-state index is -0.985. The molecule has 1 rings (SSSR count). The van der Waals surface area contributed by atoms with E-state index >= 15 is 0 Å². The number of nitrogens with zero attached hydrogens (tertiary/aromatic N) is 1. The predicted molar refractivity (Wildman–Crippen MR) is 51.8 cm³/mol. The SMILES string of the molecule is CC(C)C(=O)N1CCCC1(C)C(=O)O. The Morgan fingerprint density at radius 2 is 2.00 bits per heavy atom. The highest BCUT2D eigenvalue weighted by atomic mass is 16.4. The number of carboxylic acids is 1. The maximum atomic E-state index is 11.7. The zero-order valence-corrected chi connectivity index (χ0v) is 8.91. The minimum Gasteiger partial charge on any atom is -0.480 e. The van der Waals surface area contributed by atoms with Gasteiger partial charge in [0.25, 0.3) is 0 Å². The van der Waals surface area contributed by atoms with Gasteiger partial charge in [-0.3, -0.25) is 4.79 Å². The van der Waals surface area contributed by atoms with E-state index in [-0.39, 0.29) is 11.8 Å². The fourth-order valence-electron chi connectivity index (χ4n) is 1.85. The molecule has 1 N–H and O–H groups in total. The van der Waals surface area contributed by atoms with Crippen LogP contribution in [0.25, 0.3) is 0 Å². The monoisotopic (exact) mass is 199 g/mol. The molecule has 0 aromatic heterocycles. The largest absolute Gasteiger partial charge is 0.480 e. The number of carbonyl (C=O) groups is 2. The van der Waals surface area contributed by atoms with E-state index in [0.717, 1.165) is 6.42 Å². The van der Waals surface area contributed by atoms with Gasteiger partial charge in [0.1, 0.15) is 5.54 Å². The van der Waals surface area contributed by atoms with Crippen molar-refractivity contribution in [2.24, 2.45) is 5.92 Å². The minimum absolute atomic E-state index is 0.0626. The number of carboxylic acid groups (broad SMARTS) is 1. The zero-order chi connectivity index (χ0) is 10.9. The molecule has 0 aliphatic carbocycles. The van der Waals surface area contributed by atoms with Crippen LogP contribution in [0.1, 0.15) is 33.6 Å². The molecule has 1 heterocycles. The van der Waals surface area contributed by atoms with Gasteiger partial charge in [0.15, 0.2) is 0 Å². The van der Waals surface area contributed by atoms with Crippen molar-refractivity contribution < 1.29 is 14.7 Å². The quantitative estimate of drug-likeness (QED) is 0.724. The lowest BCUT2D eigenvalue weighted by atomic mass is 9.98. The normalized spacial score (nSPS) is 27.0. The van der Waals surface area contributed by atoms with Gasteiger partial charge in [0, 0.05) is 12.5 Å². The summed E-state index contributed by atoms with van der Waals surface area (Å²) < 4.78 is 0. The van der Waals surface area contributed by atoms with E-state index in [9.17, 15) is 9.59 Å². The molecule has 0 aromatic carbocycles. The van der Waals surface area contributed by atoms with Crippen molar-refractivity contribution in [3.8, 4) is 0 Å². The summed E-state index contributed by atoms with van der Waals surface area (Å²) in [6, 6.07) is 0. The third-order valence-electron chi connectivity index (χ3n) is 2.86. The Labute approximate surface area is 83.9 Å².